The van der Waals surface area contributed by atoms with Crippen LogP contribution in [0.5, 0.6) is 0 Å². The topological polar surface area (TPSA) is 80.0 Å². The zero-order valence-electron chi connectivity index (χ0n) is 13.7. The summed E-state index contributed by atoms with van der Waals surface area (Å²) in [7, 11) is 0. The molecular formula is C17H24N4O2. The fourth-order valence-corrected chi connectivity index (χ4v) is 2.60. The number of carbonyl (C=O) groups excluding carboxylic acids is 1. The molecule has 0 bridgehead atoms. The van der Waals surface area contributed by atoms with E-state index in [1.165, 1.54) is 6.33 Å². The molecule has 2 aromatic rings. The maximum Gasteiger partial charge on any atom is 0.290 e. The minimum atomic E-state index is -0.288. The zero-order chi connectivity index (χ0) is 16.7. The highest BCUT2D eigenvalue weighted by Gasteiger charge is 2.26. The molecule has 2 rings (SSSR count). The first-order chi connectivity index (χ1) is 11.1. The summed E-state index contributed by atoms with van der Waals surface area (Å²) < 4.78 is 1.58. The lowest BCUT2D eigenvalue weighted by molar-refractivity contribution is 0.0897. The van der Waals surface area contributed by atoms with Crippen LogP contribution < -0.4 is 5.32 Å². The second kappa shape index (κ2) is 7.87. The van der Waals surface area contributed by atoms with Crippen molar-refractivity contribution in [1.82, 2.24) is 20.1 Å². The predicted octanol–water partition coefficient (Wildman–Crippen LogP) is 2.19. The summed E-state index contributed by atoms with van der Waals surface area (Å²) in [6.07, 6.45) is 4.00. The number of hydrogen-bond donors (Lipinski definition) is 2. The van der Waals surface area contributed by atoms with E-state index in [1.54, 1.807) is 4.68 Å². The number of rotatable bonds is 8. The van der Waals surface area contributed by atoms with Crippen molar-refractivity contribution in [2.45, 2.75) is 33.1 Å². The first kappa shape index (κ1) is 17.1. The highest BCUT2D eigenvalue weighted by Crippen LogP contribution is 2.29. The van der Waals surface area contributed by atoms with E-state index < -0.39 is 0 Å². The van der Waals surface area contributed by atoms with Crippen molar-refractivity contribution in [2.75, 3.05) is 13.2 Å². The molecule has 2 N–H and O–H groups in total. The average molecular weight is 316 g/mol. The summed E-state index contributed by atoms with van der Waals surface area (Å²) in [5.41, 5.74) is 0.780. The lowest BCUT2D eigenvalue weighted by atomic mass is 9.79. The molecule has 6 heteroatoms. The number of amides is 1. The van der Waals surface area contributed by atoms with Crippen LogP contribution in [0.25, 0.3) is 5.69 Å². The molecule has 0 saturated carbocycles. The normalized spacial score (nSPS) is 11.4. The quantitative estimate of drug-likeness (QED) is 0.782. The molecule has 0 aliphatic carbocycles. The number of aromatic nitrogens is 3. The van der Waals surface area contributed by atoms with E-state index in [-0.39, 0.29) is 23.8 Å². The lowest BCUT2D eigenvalue weighted by Gasteiger charge is -2.31. The fourth-order valence-electron chi connectivity index (χ4n) is 2.60. The molecule has 6 nitrogen and oxygen atoms in total. The Bertz CT molecular complexity index is 621. The number of benzene rings is 1. The van der Waals surface area contributed by atoms with Gasteiger partial charge in [0.15, 0.2) is 0 Å². The van der Waals surface area contributed by atoms with E-state index in [9.17, 15) is 9.90 Å². The fraction of sp³-hybridized carbons (Fsp3) is 0.471. The molecule has 0 aliphatic rings. The van der Waals surface area contributed by atoms with Crippen molar-refractivity contribution in [2.24, 2.45) is 5.41 Å². The Balaban J connectivity index is 2.03. The third kappa shape index (κ3) is 4.16. The second-order valence-electron chi connectivity index (χ2n) is 5.71. The smallest absolute Gasteiger partial charge is 0.290 e. The molecule has 0 atom stereocenters. The summed E-state index contributed by atoms with van der Waals surface area (Å²) >= 11 is 0. The predicted molar refractivity (Wildman–Crippen MR) is 88.4 cm³/mol. The van der Waals surface area contributed by atoms with E-state index in [1.807, 2.05) is 30.3 Å². The van der Waals surface area contributed by atoms with E-state index >= 15 is 0 Å². The van der Waals surface area contributed by atoms with E-state index in [2.05, 4.69) is 29.2 Å². The summed E-state index contributed by atoms with van der Waals surface area (Å²) in [6.45, 7) is 4.79. The molecule has 0 fully saturated rings. The molecule has 0 spiro atoms. The van der Waals surface area contributed by atoms with Gasteiger partial charge in [-0.1, -0.05) is 32.0 Å². The van der Waals surface area contributed by atoms with Gasteiger partial charge in [0.25, 0.3) is 5.91 Å². The standard InChI is InChI=1S/C17H24N4O2/c1-3-17(4-2,10-11-22)12-18-16(23)15-19-13-21(20-15)14-8-6-5-7-9-14/h5-9,13,22H,3-4,10-12H2,1-2H3,(H,18,23). The van der Waals surface area contributed by atoms with Gasteiger partial charge in [0, 0.05) is 13.2 Å². The van der Waals surface area contributed by atoms with Gasteiger partial charge in [-0.2, -0.15) is 0 Å². The molecule has 1 aromatic carbocycles. The molecule has 0 unspecified atom stereocenters. The molecule has 0 saturated heterocycles. The van der Waals surface area contributed by atoms with Crippen LogP contribution >= 0.6 is 0 Å². The Morgan fingerprint density at radius 1 is 1.26 bits per heavy atom. The number of hydrogen-bond acceptors (Lipinski definition) is 4. The number of aliphatic hydroxyl groups is 1. The molecule has 1 heterocycles. The minimum Gasteiger partial charge on any atom is -0.396 e. The van der Waals surface area contributed by atoms with Gasteiger partial charge in [0.1, 0.15) is 6.33 Å². The second-order valence-corrected chi connectivity index (χ2v) is 5.71. The first-order valence-corrected chi connectivity index (χ1v) is 8.00. The van der Waals surface area contributed by atoms with E-state index in [4.69, 9.17) is 0 Å². The number of para-hydroxylation sites is 1. The van der Waals surface area contributed by atoms with Crippen molar-refractivity contribution in [3.8, 4) is 5.69 Å². The van der Waals surface area contributed by atoms with E-state index in [0.29, 0.717) is 13.0 Å². The molecule has 0 radical (unpaired) electrons. The highest BCUT2D eigenvalue weighted by molar-refractivity contribution is 5.90. The zero-order valence-corrected chi connectivity index (χ0v) is 13.7. The Kier molecular flexibility index (Phi) is 5.87. The number of aliphatic hydroxyl groups excluding tert-OH is 1. The van der Waals surface area contributed by atoms with Crippen molar-refractivity contribution >= 4 is 5.91 Å². The highest BCUT2D eigenvalue weighted by atomic mass is 16.3. The van der Waals surface area contributed by atoms with Crippen LogP contribution in [0.3, 0.4) is 0 Å². The van der Waals surface area contributed by atoms with Crippen molar-refractivity contribution in [3.63, 3.8) is 0 Å². The number of nitrogens with one attached hydrogen (secondary N) is 1. The molecule has 124 valence electrons. The maximum atomic E-state index is 12.3. The lowest BCUT2D eigenvalue weighted by Crippen LogP contribution is -2.38. The van der Waals surface area contributed by atoms with Crippen molar-refractivity contribution in [1.29, 1.82) is 0 Å². The molecular weight excluding hydrogens is 292 g/mol. The summed E-state index contributed by atoms with van der Waals surface area (Å²) in [5.74, 6) is -0.136. The van der Waals surface area contributed by atoms with Gasteiger partial charge in [0.05, 0.1) is 5.69 Å². The molecule has 1 amide bonds. The minimum absolute atomic E-state index is 0.0770. The Morgan fingerprint density at radius 3 is 2.57 bits per heavy atom. The Hall–Kier alpha value is -2.21. The van der Waals surface area contributed by atoms with Gasteiger partial charge < -0.3 is 10.4 Å². The summed E-state index contributed by atoms with van der Waals surface area (Å²) in [4.78, 5) is 16.3. The number of nitrogens with zero attached hydrogens (tertiary/aromatic N) is 3. The van der Waals surface area contributed by atoms with Crippen LogP contribution in [0.4, 0.5) is 0 Å². The average Bonchev–Trinajstić information content (AvgIpc) is 3.09. The molecule has 0 aliphatic heterocycles. The van der Waals surface area contributed by atoms with Crippen LogP contribution in [0, 0.1) is 5.41 Å². The van der Waals surface area contributed by atoms with Crippen molar-refractivity contribution in [3.05, 3.63) is 42.5 Å². The largest absolute Gasteiger partial charge is 0.396 e. The Labute approximate surface area is 136 Å². The third-order valence-electron chi connectivity index (χ3n) is 4.48. The first-order valence-electron chi connectivity index (χ1n) is 8.00. The van der Waals surface area contributed by atoms with Crippen LogP contribution in [0.15, 0.2) is 36.7 Å². The summed E-state index contributed by atoms with van der Waals surface area (Å²) in [5, 5.41) is 16.4. The molecule has 23 heavy (non-hydrogen) atoms. The van der Waals surface area contributed by atoms with Crippen LogP contribution in [0.2, 0.25) is 0 Å². The van der Waals surface area contributed by atoms with Gasteiger partial charge in [-0.25, -0.2) is 9.67 Å². The van der Waals surface area contributed by atoms with E-state index in [0.717, 1.165) is 18.5 Å². The van der Waals surface area contributed by atoms with Crippen LogP contribution in [0.1, 0.15) is 43.7 Å². The summed E-state index contributed by atoms with van der Waals surface area (Å²) in [6, 6.07) is 9.53. The molecule has 1 aromatic heterocycles. The van der Waals surface area contributed by atoms with Gasteiger partial charge in [-0.15, -0.1) is 5.10 Å². The maximum absolute atomic E-state index is 12.3. The van der Waals surface area contributed by atoms with Crippen molar-refractivity contribution < 1.29 is 9.90 Å². The van der Waals surface area contributed by atoms with Gasteiger partial charge >= 0.3 is 0 Å². The van der Waals surface area contributed by atoms with Crippen LogP contribution in [-0.4, -0.2) is 38.9 Å². The van der Waals surface area contributed by atoms with Gasteiger partial charge in [-0.05, 0) is 36.8 Å². The number of carbonyl (C=O) groups is 1. The third-order valence-corrected chi connectivity index (χ3v) is 4.48. The SMILES string of the molecule is CCC(CC)(CCO)CNC(=O)c1ncn(-c2ccccc2)n1. The van der Waals surface area contributed by atoms with Gasteiger partial charge in [-0.3, -0.25) is 4.79 Å². The Morgan fingerprint density at radius 2 is 1.96 bits per heavy atom. The monoisotopic (exact) mass is 316 g/mol. The van der Waals surface area contributed by atoms with Gasteiger partial charge in [0.2, 0.25) is 5.82 Å². The van der Waals surface area contributed by atoms with Crippen LogP contribution in [-0.2, 0) is 0 Å².